The summed E-state index contributed by atoms with van der Waals surface area (Å²) in [7, 11) is 0. The topological polar surface area (TPSA) is 107 Å². The highest BCUT2D eigenvalue weighted by Crippen LogP contribution is 2.25. The molecule has 0 radical (unpaired) electrons. The maximum Gasteiger partial charge on any atom is 0.426 e. The molecule has 2 aromatic carbocycles. The average molecular weight is 479 g/mol. The first-order valence-electron chi connectivity index (χ1n) is 10.4. The normalized spacial score (nSPS) is 12.3. The number of carbonyl (C=O) groups excluding carboxylic acids is 2. The first-order chi connectivity index (χ1) is 16.0. The molecule has 1 atom stereocenters. The number of carbonyl (C=O) groups is 2. The van der Waals surface area contributed by atoms with Crippen LogP contribution in [0.1, 0.15) is 45.1 Å². The third-order valence-electron chi connectivity index (χ3n) is 4.58. The third kappa shape index (κ3) is 6.36. The molecule has 1 aromatic heterocycles. The Balaban J connectivity index is 1.67. The van der Waals surface area contributed by atoms with Gasteiger partial charge in [-0.3, -0.25) is 10.2 Å². The number of hydrazine groups is 1. The number of para-hydroxylation sites is 1. The van der Waals surface area contributed by atoms with Crippen molar-refractivity contribution in [3.8, 4) is 0 Å². The summed E-state index contributed by atoms with van der Waals surface area (Å²) >= 11 is 0. The van der Waals surface area contributed by atoms with Gasteiger partial charge in [-0.05, 0) is 68.7 Å². The molecule has 12 heteroatoms. The Labute approximate surface area is 193 Å². The van der Waals surface area contributed by atoms with Crippen molar-refractivity contribution in [2.75, 3.05) is 6.61 Å². The molecule has 182 valence electrons. The molecule has 0 saturated heterocycles. The van der Waals surface area contributed by atoms with E-state index in [4.69, 9.17) is 9.57 Å². The Hall–Kier alpha value is -3.83. The number of rotatable bonds is 7. The summed E-state index contributed by atoms with van der Waals surface area (Å²) in [5, 5.41) is 7.83. The molecule has 1 unspecified atom stereocenters. The van der Waals surface area contributed by atoms with Crippen LogP contribution in [0.5, 0.6) is 0 Å². The Morgan fingerprint density at radius 1 is 1.09 bits per heavy atom. The second kappa shape index (κ2) is 10.4. The lowest BCUT2D eigenvalue weighted by molar-refractivity contribution is -0.123. The minimum absolute atomic E-state index is 0.0545. The molecule has 34 heavy (non-hydrogen) atoms. The molecule has 0 aliphatic rings. The molecule has 0 aliphatic heterocycles. The van der Waals surface area contributed by atoms with Crippen LogP contribution < -0.4 is 15.7 Å². The van der Waals surface area contributed by atoms with Gasteiger partial charge in [0.25, 0.3) is 0 Å². The van der Waals surface area contributed by atoms with Crippen molar-refractivity contribution in [3.63, 3.8) is 0 Å². The maximum absolute atomic E-state index is 13.8. The van der Waals surface area contributed by atoms with Gasteiger partial charge in [-0.1, -0.05) is 17.0 Å². The lowest BCUT2D eigenvalue weighted by Gasteiger charge is -2.21. The second-order valence-electron chi connectivity index (χ2n) is 8.39. The van der Waals surface area contributed by atoms with Crippen LogP contribution in [-0.4, -0.2) is 39.4 Å². The van der Waals surface area contributed by atoms with E-state index in [0.717, 1.165) is 12.1 Å². The van der Waals surface area contributed by atoms with E-state index in [2.05, 4.69) is 21.2 Å². The van der Waals surface area contributed by atoms with Crippen LogP contribution in [0.15, 0.2) is 36.4 Å². The predicted octanol–water partition coefficient (Wildman–Crippen LogP) is 3.40. The SMILES string of the molecule is CC(C)(C)OC(=O)NNC(=O)C(CCCOn1nnc2ccccc21)c1cc(F)c(F)c(F)c1. The summed E-state index contributed by atoms with van der Waals surface area (Å²) in [6.07, 6.45) is -0.615. The summed E-state index contributed by atoms with van der Waals surface area (Å²) in [6.45, 7) is 5.00. The smallest absolute Gasteiger partial charge is 0.426 e. The highest BCUT2D eigenvalue weighted by atomic mass is 19.2. The van der Waals surface area contributed by atoms with E-state index < -0.39 is 41.0 Å². The molecule has 2 amide bonds. The lowest BCUT2D eigenvalue weighted by Crippen LogP contribution is -2.46. The number of fused-ring (bicyclic) bond motifs is 1. The first kappa shape index (κ1) is 24.8. The van der Waals surface area contributed by atoms with E-state index in [1.165, 1.54) is 4.85 Å². The Morgan fingerprint density at radius 2 is 1.76 bits per heavy atom. The molecule has 9 nitrogen and oxygen atoms in total. The Kier molecular flexibility index (Phi) is 7.59. The zero-order chi connectivity index (χ0) is 24.9. The zero-order valence-electron chi connectivity index (χ0n) is 18.8. The summed E-state index contributed by atoms with van der Waals surface area (Å²) in [6, 6.07) is 8.59. The number of halogens is 3. The number of nitrogens with one attached hydrogen (secondary N) is 2. The number of nitrogens with zero attached hydrogens (tertiary/aromatic N) is 3. The van der Waals surface area contributed by atoms with E-state index in [1.54, 1.807) is 45.0 Å². The van der Waals surface area contributed by atoms with Gasteiger partial charge in [0, 0.05) is 0 Å². The molecule has 0 spiro atoms. The van der Waals surface area contributed by atoms with Crippen molar-refractivity contribution in [1.29, 1.82) is 0 Å². The second-order valence-corrected chi connectivity index (χ2v) is 8.39. The van der Waals surface area contributed by atoms with Crippen LogP contribution >= 0.6 is 0 Å². The standard InChI is InChI=1S/C22H24F3N5O4/c1-22(2,3)34-21(32)28-27-20(31)14(13-11-15(23)19(25)16(24)12-13)7-6-10-33-30-18-9-5-4-8-17(18)26-29-30/h4-5,8-9,11-12,14H,6-7,10H2,1-3H3,(H,27,31)(H,28,32). The fraction of sp³-hybridized carbons (Fsp3) is 0.364. The van der Waals surface area contributed by atoms with E-state index in [1.807, 2.05) is 0 Å². The molecule has 1 heterocycles. The van der Waals surface area contributed by atoms with Gasteiger partial charge in [0.05, 0.1) is 5.92 Å². The number of hydrogen-bond donors (Lipinski definition) is 2. The van der Waals surface area contributed by atoms with E-state index >= 15 is 0 Å². The molecule has 0 bridgehead atoms. The van der Waals surface area contributed by atoms with Gasteiger partial charge in [0.2, 0.25) is 5.91 Å². The van der Waals surface area contributed by atoms with Gasteiger partial charge in [0.1, 0.15) is 23.2 Å². The number of ether oxygens (including phenoxy) is 1. The van der Waals surface area contributed by atoms with Crippen LogP contribution in [0.4, 0.5) is 18.0 Å². The van der Waals surface area contributed by atoms with Crippen LogP contribution in [0.3, 0.4) is 0 Å². The number of aromatic nitrogens is 3. The Morgan fingerprint density at radius 3 is 2.44 bits per heavy atom. The minimum Gasteiger partial charge on any atom is -0.443 e. The van der Waals surface area contributed by atoms with Crippen molar-refractivity contribution >= 4 is 23.0 Å². The number of amides is 2. The molecule has 2 N–H and O–H groups in total. The van der Waals surface area contributed by atoms with Crippen LogP contribution in [0.25, 0.3) is 11.0 Å². The van der Waals surface area contributed by atoms with Gasteiger partial charge in [-0.2, -0.15) is 0 Å². The van der Waals surface area contributed by atoms with Gasteiger partial charge >= 0.3 is 6.09 Å². The van der Waals surface area contributed by atoms with Gasteiger partial charge in [-0.15, -0.1) is 5.10 Å². The molecule has 3 rings (SSSR count). The highest BCUT2D eigenvalue weighted by Gasteiger charge is 2.25. The Bertz CT molecular complexity index is 1160. The summed E-state index contributed by atoms with van der Waals surface area (Å²) < 4.78 is 46.1. The van der Waals surface area contributed by atoms with Crippen LogP contribution in [0.2, 0.25) is 0 Å². The van der Waals surface area contributed by atoms with Crippen molar-refractivity contribution in [2.45, 2.75) is 45.1 Å². The molecule has 0 fully saturated rings. The quantitative estimate of drug-likeness (QED) is 0.306. The van der Waals surface area contributed by atoms with Gasteiger partial charge in [0.15, 0.2) is 17.5 Å². The van der Waals surface area contributed by atoms with E-state index in [0.29, 0.717) is 11.0 Å². The highest BCUT2D eigenvalue weighted by molar-refractivity contribution is 5.85. The minimum atomic E-state index is -1.64. The zero-order valence-corrected chi connectivity index (χ0v) is 18.8. The average Bonchev–Trinajstić information content (AvgIpc) is 3.17. The van der Waals surface area contributed by atoms with Gasteiger partial charge < -0.3 is 9.57 Å². The molecule has 0 saturated carbocycles. The van der Waals surface area contributed by atoms with Crippen molar-refractivity contribution in [3.05, 3.63) is 59.4 Å². The monoisotopic (exact) mass is 479 g/mol. The lowest BCUT2D eigenvalue weighted by atomic mass is 9.93. The molecule has 3 aromatic rings. The van der Waals surface area contributed by atoms with Crippen LogP contribution in [-0.2, 0) is 9.53 Å². The number of hydrogen-bond acceptors (Lipinski definition) is 6. The van der Waals surface area contributed by atoms with Crippen molar-refractivity contribution in [2.24, 2.45) is 0 Å². The number of benzene rings is 2. The van der Waals surface area contributed by atoms with Crippen LogP contribution in [0, 0.1) is 17.5 Å². The third-order valence-corrected chi connectivity index (χ3v) is 4.58. The van der Waals surface area contributed by atoms with Crippen molar-refractivity contribution < 1.29 is 32.3 Å². The fourth-order valence-electron chi connectivity index (χ4n) is 3.11. The van der Waals surface area contributed by atoms with E-state index in [-0.39, 0.29) is 25.0 Å². The van der Waals surface area contributed by atoms with E-state index in [9.17, 15) is 22.8 Å². The molecule has 0 aliphatic carbocycles. The molecular weight excluding hydrogens is 455 g/mol. The van der Waals surface area contributed by atoms with Crippen molar-refractivity contribution in [1.82, 2.24) is 26.0 Å². The summed E-state index contributed by atoms with van der Waals surface area (Å²) in [5.41, 5.74) is 4.61. The predicted molar refractivity (Wildman–Crippen MR) is 115 cm³/mol. The summed E-state index contributed by atoms with van der Waals surface area (Å²) in [5.74, 6) is -6.41. The van der Waals surface area contributed by atoms with Gasteiger partial charge in [-0.25, -0.2) is 23.4 Å². The fourth-order valence-corrected chi connectivity index (χ4v) is 3.11. The maximum atomic E-state index is 13.8. The first-order valence-corrected chi connectivity index (χ1v) is 10.4. The molecular formula is C22H24F3N5O4. The summed E-state index contributed by atoms with van der Waals surface area (Å²) in [4.78, 5) is 31.3. The largest absolute Gasteiger partial charge is 0.443 e.